The summed E-state index contributed by atoms with van der Waals surface area (Å²) in [5.41, 5.74) is 5.41. The molecule has 3 N–H and O–H groups in total. The second-order valence-corrected chi connectivity index (χ2v) is 5.98. The molecule has 0 saturated carbocycles. The highest BCUT2D eigenvalue weighted by molar-refractivity contribution is 5.91. The minimum Gasteiger partial charge on any atom is -0.493 e. The summed E-state index contributed by atoms with van der Waals surface area (Å²) in [6, 6.07) is 5.74. The monoisotopic (exact) mass is 393 g/mol. The Hall–Kier alpha value is -3.30. The maximum absolute atomic E-state index is 12.9. The van der Waals surface area contributed by atoms with Crippen molar-refractivity contribution in [2.75, 3.05) is 25.3 Å². The summed E-state index contributed by atoms with van der Waals surface area (Å²) in [4.78, 5) is 12.1. The molecule has 0 fully saturated rings. The highest BCUT2D eigenvalue weighted by atomic mass is 19.4. The number of aromatic nitrogens is 3. The van der Waals surface area contributed by atoms with Gasteiger partial charge in [-0.3, -0.25) is 0 Å². The number of pyridine rings is 1. The maximum Gasteiger partial charge on any atom is 0.433 e. The molecular weight excluding hydrogens is 375 g/mol. The van der Waals surface area contributed by atoms with Crippen molar-refractivity contribution < 1.29 is 22.6 Å². The summed E-state index contributed by atoms with van der Waals surface area (Å²) in [6.45, 7) is 1.78. The SMILES string of the molecule is COc1cc2nc(C)nc(NCc3cc(N)nc(C(F)(F)F)c3)c2cc1OC. The van der Waals surface area contributed by atoms with Crippen molar-refractivity contribution in [3.8, 4) is 11.5 Å². The van der Waals surface area contributed by atoms with Crippen LogP contribution in [0.2, 0.25) is 0 Å². The number of halogens is 3. The Balaban J connectivity index is 1.98. The summed E-state index contributed by atoms with van der Waals surface area (Å²) in [6.07, 6.45) is -4.58. The molecule has 0 aliphatic rings. The Morgan fingerprint density at radius 2 is 1.68 bits per heavy atom. The van der Waals surface area contributed by atoms with Gasteiger partial charge in [-0.05, 0) is 30.7 Å². The number of benzene rings is 1. The van der Waals surface area contributed by atoms with E-state index in [0.717, 1.165) is 6.07 Å². The van der Waals surface area contributed by atoms with E-state index in [1.165, 1.54) is 20.3 Å². The predicted molar refractivity (Wildman–Crippen MR) is 98.4 cm³/mol. The van der Waals surface area contributed by atoms with Gasteiger partial charge in [0, 0.05) is 18.0 Å². The highest BCUT2D eigenvalue weighted by Crippen LogP contribution is 2.34. The number of ether oxygens (including phenoxy) is 2. The molecule has 3 rings (SSSR count). The van der Waals surface area contributed by atoms with E-state index in [1.54, 1.807) is 19.1 Å². The third-order valence-corrected chi connectivity index (χ3v) is 3.97. The zero-order valence-electron chi connectivity index (χ0n) is 15.4. The lowest BCUT2D eigenvalue weighted by atomic mass is 10.2. The standard InChI is InChI=1S/C18H18F3N5O2/c1-9-24-12-7-14(28-3)13(27-2)6-11(12)17(25-9)23-8-10-4-15(18(19,20)21)26-16(22)5-10/h4-7H,8H2,1-3H3,(H2,22,26)(H,23,24,25). The van der Waals surface area contributed by atoms with Gasteiger partial charge in [0.2, 0.25) is 0 Å². The number of aryl methyl sites for hydroxylation is 1. The van der Waals surface area contributed by atoms with Gasteiger partial charge in [0.05, 0.1) is 19.7 Å². The third-order valence-electron chi connectivity index (χ3n) is 3.97. The lowest BCUT2D eigenvalue weighted by Crippen LogP contribution is -2.12. The van der Waals surface area contributed by atoms with Crippen molar-refractivity contribution in [1.29, 1.82) is 0 Å². The first-order valence-corrected chi connectivity index (χ1v) is 8.19. The zero-order valence-corrected chi connectivity index (χ0v) is 15.4. The van der Waals surface area contributed by atoms with Crippen molar-refractivity contribution in [2.24, 2.45) is 0 Å². The number of nitrogens with two attached hydrogens (primary N) is 1. The van der Waals surface area contributed by atoms with Gasteiger partial charge in [-0.25, -0.2) is 15.0 Å². The van der Waals surface area contributed by atoms with Crippen LogP contribution in [0.15, 0.2) is 24.3 Å². The van der Waals surface area contributed by atoms with Crippen molar-refractivity contribution >= 4 is 22.5 Å². The van der Waals surface area contributed by atoms with E-state index in [4.69, 9.17) is 15.2 Å². The Bertz CT molecular complexity index is 1020. The molecule has 0 spiro atoms. The Kier molecular flexibility index (Phi) is 5.12. The molecule has 0 aliphatic heterocycles. The number of nitrogens with zero attached hydrogens (tertiary/aromatic N) is 3. The fraction of sp³-hybridized carbons (Fsp3) is 0.278. The molecule has 2 aromatic heterocycles. The van der Waals surface area contributed by atoms with E-state index in [1.807, 2.05) is 0 Å². The minimum atomic E-state index is -4.58. The maximum atomic E-state index is 12.9. The minimum absolute atomic E-state index is 0.0652. The largest absolute Gasteiger partial charge is 0.493 e. The molecule has 0 atom stereocenters. The topological polar surface area (TPSA) is 95.2 Å². The van der Waals surface area contributed by atoms with Gasteiger partial charge in [0.1, 0.15) is 23.2 Å². The van der Waals surface area contributed by atoms with Crippen molar-refractivity contribution in [3.05, 3.63) is 41.3 Å². The third kappa shape index (κ3) is 4.00. The Morgan fingerprint density at radius 1 is 1.00 bits per heavy atom. The van der Waals surface area contributed by atoms with Crippen LogP contribution in [0, 0.1) is 6.92 Å². The summed E-state index contributed by atoms with van der Waals surface area (Å²) < 4.78 is 49.4. The van der Waals surface area contributed by atoms with Crippen molar-refractivity contribution in [2.45, 2.75) is 19.6 Å². The van der Waals surface area contributed by atoms with Crippen LogP contribution in [0.1, 0.15) is 17.1 Å². The molecule has 0 unspecified atom stereocenters. The van der Waals surface area contributed by atoms with Gasteiger partial charge in [0.25, 0.3) is 0 Å². The van der Waals surface area contributed by atoms with E-state index in [9.17, 15) is 13.2 Å². The lowest BCUT2D eigenvalue weighted by Gasteiger charge is -2.14. The molecule has 10 heteroatoms. The van der Waals surface area contributed by atoms with Gasteiger partial charge in [0.15, 0.2) is 11.5 Å². The number of rotatable bonds is 5. The van der Waals surface area contributed by atoms with Crippen molar-refractivity contribution in [1.82, 2.24) is 15.0 Å². The molecule has 1 aromatic carbocycles. The first kappa shape index (κ1) is 19.5. The van der Waals surface area contributed by atoms with Crippen LogP contribution in [0.5, 0.6) is 11.5 Å². The van der Waals surface area contributed by atoms with Crippen LogP contribution in [-0.2, 0) is 12.7 Å². The molecule has 3 aromatic rings. The lowest BCUT2D eigenvalue weighted by molar-refractivity contribution is -0.141. The van der Waals surface area contributed by atoms with Gasteiger partial charge in [-0.1, -0.05) is 0 Å². The number of hydrogen-bond acceptors (Lipinski definition) is 7. The number of fused-ring (bicyclic) bond motifs is 1. The molecular formula is C18H18F3N5O2. The van der Waals surface area contributed by atoms with E-state index in [2.05, 4.69) is 20.3 Å². The van der Waals surface area contributed by atoms with E-state index >= 15 is 0 Å². The van der Waals surface area contributed by atoms with E-state index in [0.29, 0.717) is 39.6 Å². The van der Waals surface area contributed by atoms with Crippen LogP contribution in [0.4, 0.5) is 24.8 Å². The number of nitrogen functional groups attached to an aromatic ring is 1. The Labute approximate surface area is 158 Å². The Morgan fingerprint density at radius 3 is 2.32 bits per heavy atom. The van der Waals surface area contributed by atoms with Gasteiger partial charge in [-0.15, -0.1) is 0 Å². The molecule has 0 bridgehead atoms. The fourth-order valence-electron chi connectivity index (χ4n) is 2.75. The van der Waals surface area contributed by atoms with Gasteiger partial charge >= 0.3 is 6.18 Å². The second-order valence-electron chi connectivity index (χ2n) is 5.98. The average molecular weight is 393 g/mol. The molecule has 28 heavy (non-hydrogen) atoms. The van der Waals surface area contributed by atoms with Crippen LogP contribution >= 0.6 is 0 Å². The van der Waals surface area contributed by atoms with Crippen LogP contribution in [0.25, 0.3) is 10.9 Å². The first-order chi connectivity index (χ1) is 13.2. The molecule has 0 aliphatic carbocycles. The molecule has 2 heterocycles. The number of methoxy groups -OCH3 is 2. The number of anilines is 2. The van der Waals surface area contributed by atoms with Crippen LogP contribution in [-0.4, -0.2) is 29.2 Å². The molecule has 0 saturated heterocycles. The first-order valence-electron chi connectivity index (χ1n) is 8.19. The summed E-state index contributed by atoms with van der Waals surface area (Å²) in [5.74, 6) is 1.73. The number of nitrogens with one attached hydrogen (secondary N) is 1. The van der Waals surface area contributed by atoms with E-state index in [-0.39, 0.29) is 12.4 Å². The normalized spacial score (nSPS) is 11.5. The quantitative estimate of drug-likeness (QED) is 0.684. The highest BCUT2D eigenvalue weighted by Gasteiger charge is 2.33. The summed E-state index contributed by atoms with van der Waals surface area (Å²) in [5, 5.41) is 3.68. The van der Waals surface area contributed by atoms with Gasteiger partial charge in [-0.2, -0.15) is 13.2 Å². The molecule has 0 radical (unpaired) electrons. The van der Waals surface area contributed by atoms with Crippen molar-refractivity contribution in [3.63, 3.8) is 0 Å². The van der Waals surface area contributed by atoms with Crippen LogP contribution < -0.4 is 20.5 Å². The molecule has 0 amide bonds. The number of alkyl halides is 3. The smallest absolute Gasteiger partial charge is 0.433 e. The fourth-order valence-corrected chi connectivity index (χ4v) is 2.75. The summed E-state index contributed by atoms with van der Waals surface area (Å²) >= 11 is 0. The summed E-state index contributed by atoms with van der Waals surface area (Å²) in [7, 11) is 3.02. The van der Waals surface area contributed by atoms with Gasteiger partial charge < -0.3 is 20.5 Å². The van der Waals surface area contributed by atoms with E-state index < -0.39 is 11.9 Å². The molecule has 148 valence electrons. The van der Waals surface area contributed by atoms with Crippen LogP contribution in [0.3, 0.4) is 0 Å². The molecule has 7 nitrogen and oxygen atoms in total. The zero-order chi connectivity index (χ0) is 20.5. The predicted octanol–water partition coefficient (Wildman–Crippen LogP) is 3.56. The average Bonchev–Trinajstić information content (AvgIpc) is 2.63. The second kappa shape index (κ2) is 7.37. The number of hydrogen-bond donors (Lipinski definition) is 2.